The molecule has 1 N–H and O–H groups in total. The highest BCUT2D eigenvalue weighted by Gasteiger charge is 2.12. The van der Waals surface area contributed by atoms with Crippen LogP contribution in [-0.4, -0.2) is 33.9 Å². The molecule has 0 aromatic carbocycles. The highest BCUT2D eigenvalue weighted by atomic mass is 32.1. The van der Waals surface area contributed by atoms with E-state index in [0.717, 1.165) is 0 Å². The fraction of sp³-hybridized carbons (Fsp3) is 0.643. The highest BCUT2D eigenvalue weighted by Crippen LogP contribution is 2.20. The third-order valence-corrected chi connectivity index (χ3v) is 4.59. The quantitative estimate of drug-likeness (QED) is 0.678. The molecule has 1 aliphatic carbocycles. The van der Waals surface area contributed by atoms with Gasteiger partial charge in [0, 0.05) is 18.8 Å². The summed E-state index contributed by atoms with van der Waals surface area (Å²) < 4.78 is 7.23. The number of hydrogen-bond donors (Lipinski definition) is 1. The van der Waals surface area contributed by atoms with Gasteiger partial charge in [0.05, 0.1) is 12.7 Å². The molecule has 6 nitrogen and oxygen atoms in total. The van der Waals surface area contributed by atoms with E-state index in [1.165, 1.54) is 66.6 Å². The van der Waals surface area contributed by atoms with Crippen LogP contribution in [-0.2, 0) is 4.74 Å². The van der Waals surface area contributed by atoms with Gasteiger partial charge in [-0.25, -0.2) is 4.98 Å². The molecule has 0 atom stereocenters. The van der Waals surface area contributed by atoms with E-state index in [9.17, 15) is 4.79 Å². The van der Waals surface area contributed by atoms with Crippen LogP contribution in [0.25, 0.3) is 4.96 Å². The molecule has 0 unspecified atom stereocenters. The zero-order valence-electron chi connectivity index (χ0n) is 12.0. The van der Waals surface area contributed by atoms with E-state index in [2.05, 4.69) is 15.4 Å². The Labute approximate surface area is 127 Å². The molecule has 0 amide bonds. The molecule has 0 saturated heterocycles. The molecule has 3 rings (SSSR count). The first-order valence-corrected chi connectivity index (χ1v) is 8.35. The van der Waals surface area contributed by atoms with Crippen molar-refractivity contribution in [3.8, 4) is 0 Å². The Morgan fingerprint density at radius 3 is 2.90 bits per heavy atom. The lowest BCUT2D eigenvalue weighted by Gasteiger charge is -2.15. The molecule has 0 spiro atoms. The summed E-state index contributed by atoms with van der Waals surface area (Å²) in [5, 5.41) is 8.11. The predicted octanol–water partition coefficient (Wildman–Crippen LogP) is 2.30. The maximum absolute atomic E-state index is 11.6. The first-order chi connectivity index (χ1) is 10.3. The van der Waals surface area contributed by atoms with Gasteiger partial charge in [0.1, 0.15) is 0 Å². The van der Waals surface area contributed by atoms with Gasteiger partial charge in [0.25, 0.3) is 5.56 Å². The largest absolute Gasteiger partial charge is 0.376 e. The van der Waals surface area contributed by atoms with Crippen molar-refractivity contribution in [1.82, 2.24) is 14.6 Å². The van der Waals surface area contributed by atoms with Crippen LogP contribution < -0.4 is 10.9 Å². The molecule has 0 radical (unpaired) electrons. The van der Waals surface area contributed by atoms with Crippen LogP contribution in [0.1, 0.15) is 38.5 Å². The second-order valence-corrected chi connectivity index (χ2v) is 6.25. The summed E-state index contributed by atoms with van der Waals surface area (Å²) in [6.07, 6.45) is 9.52. The smallest absolute Gasteiger partial charge is 0.275 e. The van der Waals surface area contributed by atoms with Crippen molar-refractivity contribution in [3.05, 3.63) is 22.6 Å². The normalized spacial score (nSPS) is 17.0. The van der Waals surface area contributed by atoms with Gasteiger partial charge < -0.3 is 10.1 Å². The Morgan fingerprint density at radius 1 is 1.33 bits per heavy atom. The molecule has 0 bridgehead atoms. The van der Waals surface area contributed by atoms with Crippen molar-refractivity contribution >= 4 is 21.4 Å². The number of anilines is 1. The van der Waals surface area contributed by atoms with Crippen LogP contribution in [0, 0.1) is 0 Å². The number of rotatable bonds is 5. The predicted molar refractivity (Wildman–Crippen MR) is 83.1 cm³/mol. The number of nitrogens with zero attached hydrogens (tertiary/aromatic N) is 3. The minimum absolute atomic E-state index is 0.154. The first kappa shape index (κ1) is 14.5. The van der Waals surface area contributed by atoms with Crippen LogP contribution in [0.15, 0.2) is 17.1 Å². The van der Waals surface area contributed by atoms with Gasteiger partial charge in [0.2, 0.25) is 10.1 Å². The fourth-order valence-electron chi connectivity index (χ4n) is 2.61. The maximum Gasteiger partial charge on any atom is 0.275 e. The zero-order chi connectivity index (χ0) is 14.5. The monoisotopic (exact) mass is 308 g/mol. The summed E-state index contributed by atoms with van der Waals surface area (Å²) >= 11 is 1.37. The van der Waals surface area contributed by atoms with Crippen molar-refractivity contribution in [2.45, 2.75) is 44.6 Å². The highest BCUT2D eigenvalue weighted by molar-refractivity contribution is 7.20. The molecule has 2 aromatic rings. The topological polar surface area (TPSA) is 68.5 Å². The maximum atomic E-state index is 11.6. The van der Waals surface area contributed by atoms with E-state index in [0.29, 0.717) is 29.3 Å². The molecule has 114 valence electrons. The second-order valence-electron chi connectivity index (χ2n) is 5.30. The standard InChI is InChI=1S/C14H20N4O2S/c19-12-7-8-16-14-18(12)17-13(21-14)15-9-10-20-11-5-3-1-2-4-6-11/h7-8,11H,1-6,9-10H2,(H,15,17). The van der Waals surface area contributed by atoms with Crippen molar-refractivity contribution in [2.75, 3.05) is 18.5 Å². The molecular formula is C14H20N4O2S. The minimum Gasteiger partial charge on any atom is -0.376 e. The van der Waals surface area contributed by atoms with Gasteiger partial charge in [0.15, 0.2) is 0 Å². The third-order valence-electron chi connectivity index (χ3n) is 3.70. The lowest BCUT2D eigenvalue weighted by molar-refractivity contribution is 0.0501. The summed E-state index contributed by atoms with van der Waals surface area (Å²) in [4.78, 5) is 16.3. The second kappa shape index (κ2) is 7.00. The number of fused-ring (bicyclic) bond motifs is 1. The summed E-state index contributed by atoms with van der Waals surface area (Å²) in [6.45, 7) is 1.37. The van der Waals surface area contributed by atoms with Crippen LogP contribution >= 0.6 is 11.3 Å². The summed E-state index contributed by atoms with van der Waals surface area (Å²) in [6, 6.07) is 1.41. The molecule has 1 saturated carbocycles. The van der Waals surface area contributed by atoms with Gasteiger partial charge in [-0.2, -0.15) is 4.52 Å². The molecule has 1 aliphatic rings. The molecule has 2 aromatic heterocycles. The SMILES string of the molecule is O=c1ccnc2sc(NCCOC3CCCCCC3)nn12. The zero-order valence-corrected chi connectivity index (χ0v) is 12.8. The van der Waals surface area contributed by atoms with Gasteiger partial charge in [-0.15, -0.1) is 5.10 Å². The minimum atomic E-state index is -0.154. The van der Waals surface area contributed by atoms with Gasteiger partial charge in [-0.1, -0.05) is 37.0 Å². The van der Waals surface area contributed by atoms with E-state index in [-0.39, 0.29) is 5.56 Å². The van der Waals surface area contributed by atoms with Crippen molar-refractivity contribution in [3.63, 3.8) is 0 Å². The van der Waals surface area contributed by atoms with Crippen molar-refractivity contribution in [2.24, 2.45) is 0 Å². The summed E-state index contributed by atoms with van der Waals surface area (Å²) in [5.41, 5.74) is -0.154. The van der Waals surface area contributed by atoms with E-state index >= 15 is 0 Å². The van der Waals surface area contributed by atoms with Crippen LogP contribution in [0.5, 0.6) is 0 Å². The molecule has 2 heterocycles. The first-order valence-electron chi connectivity index (χ1n) is 7.53. The molecular weight excluding hydrogens is 288 g/mol. The lowest BCUT2D eigenvalue weighted by Crippen LogP contribution is -2.18. The lowest BCUT2D eigenvalue weighted by atomic mass is 10.1. The van der Waals surface area contributed by atoms with E-state index in [1.54, 1.807) is 0 Å². The molecule has 7 heteroatoms. The molecule has 1 fully saturated rings. The summed E-state index contributed by atoms with van der Waals surface area (Å²) in [7, 11) is 0. The average Bonchev–Trinajstić information content (AvgIpc) is 2.73. The van der Waals surface area contributed by atoms with Gasteiger partial charge >= 0.3 is 0 Å². The number of nitrogens with one attached hydrogen (secondary N) is 1. The van der Waals surface area contributed by atoms with Gasteiger partial charge in [-0.3, -0.25) is 4.79 Å². The van der Waals surface area contributed by atoms with Crippen molar-refractivity contribution < 1.29 is 4.74 Å². The van der Waals surface area contributed by atoms with Crippen LogP contribution in [0.3, 0.4) is 0 Å². The Hall–Kier alpha value is -1.47. The fourth-order valence-corrected chi connectivity index (χ4v) is 3.41. The third kappa shape index (κ3) is 3.79. The van der Waals surface area contributed by atoms with Crippen molar-refractivity contribution in [1.29, 1.82) is 0 Å². The summed E-state index contributed by atoms with van der Waals surface area (Å²) in [5.74, 6) is 0. The Kier molecular flexibility index (Phi) is 4.82. The Morgan fingerprint density at radius 2 is 2.14 bits per heavy atom. The Bertz CT molecular complexity index is 631. The van der Waals surface area contributed by atoms with Crippen LogP contribution in [0.4, 0.5) is 5.13 Å². The molecule has 21 heavy (non-hydrogen) atoms. The Balaban J connectivity index is 1.48. The number of hydrogen-bond acceptors (Lipinski definition) is 6. The molecule has 0 aliphatic heterocycles. The number of aromatic nitrogens is 3. The van der Waals surface area contributed by atoms with Gasteiger partial charge in [-0.05, 0) is 12.8 Å². The average molecular weight is 308 g/mol. The number of ether oxygens (including phenoxy) is 1. The van der Waals surface area contributed by atoms with E-state index < -0.39 is 0 Å². The van der Waals surface area contributed by atoms with E-state index in [1.807, 2.05) is 0 Å². The van der Waals surface area contributed by atoms with Crippen LogP contribution in [0.2, 0.25) is 0 Å². The van der Waals surface area contributed by atoms with E-state index in [4.69, 9.17) is 4.74 Å².